The molecule has 0 aliphatic carbocycles. The highest BCUT2D eigenvalue weighted by Gasteiger charge is 2.22. The largest absolute Gasteiger partial charge is 0.378 e. The molecular weight excluding hydrogens is 442 g/mol. The summed E-state index contributed by atoms with van der Waals surface area (Å²) in [6, 6.07) is 24.2. The molecule has 0 aliphatic heterocycles. The molecule has 0 saturated carbocycles. The summed E-state index contributed by atoms with van der Waals surface area (Å²) in [6.45, 7) is 8.47. The zero-order valence-corrected chi connectivity index (χ0v) is 20.7. The number of carbonyl (C=O) groups is 1. The number of benzene rings is 3. The maximum atomic E-state index is 13.0. The van der Waals surface area contributed by atoms with Gasteiger partial charge in [0.15, 0.2) is 11.0 Å². The van der Waals surface area contributed by atoms with Crippen molar-refractivity contribution < 1.29 is 4.79 Å². The molecule has 4 rings (SSSR count). The van der Waals surface area contributed by atoms with Crippen molar-refractivity contribution in [2.24, 2.45) is 0 Å². The zero-order chi connectivity index (χ0) is 24.1. The maximum absolute atomic E-state index is 13.0. The Hall–Kier alpha value is -3.58. The van der Waals surface area contributed by atoms with Crippen LogP contribution in [0.15, 0.2) is 78.0 Å². The van der Waals surface area contributed by atoms with E-state index in [1.807, 2.05) is 86.0 Å². The molecule has 0 fully saturated rings. The van der Waals surface area contributed by atoms with Gasteiger partial charge in [-0.3, -0.25) is 9.36 Å². The van der Waals surface area contributed by atoms with Crippen LogP contribution in [0, 0.1) is 20.8 Å². The molecule has 3 aromatic carbocycles. The fraction of sp³-hybridized carbons (Fsp3) is 0.222. The number of anilines is 2. The summed E-state index contributed by atoms with van der Waals surface area (Å²) in [5, 5.41) is 15.7. The Labute approximate surface area is 204 Å². The smallest absolute Gasteiger partial charge is 0.237 e. The lowest BCUT2D eigenvalue weighted by Gasteiger charge is -2.16. The molecule has 1 aromatic heterocycles. The highest BCUT2D eigenvalue weighted by atomic mass is 32.2. The molecular formula is C27H29N5OS. The van der Waals surface area contributed by atoms with Gasteiger partial charge in [-0.05, 0) is 68.7 Å². The minimum Gasteiger partial charge on any atom is -0.378 e. The Kier molecular flexibility index (Phi) is 7.33. The lowest BCUT2D eigenvalue weighted by molar-refractivity contribution is -0.115. The Morgan fingerprint density at radius 3 is 2.35 bits per heavy atom. The van der Waals surface area contributed by atoms with Crippen molar-refractivity contribution in [3.63, 3.8) is 0 Å². The van der Waals surface area contributed by atoms with Gasteiger partial charge in [0, 0.05) is 17.1 Å². The minimum absolute atomic E-state index is 0.0653. The Morgan fingerprint density at radius 2 is 1.65 bits per heavy atom. The van der Waals surface area contributed by atoms with Gasteiger partial charge in [-0.1, -0.05) is 60.3 Å². The summed E-state index contributed by atoms with van der Waals surface area (Å²) in [5.74, 6) is 0.710. The Morgan fingerprint density at radius 1 is 0.941 bits per heavy atom. The number of carbonyl (C=O) groups excluding carboxylic acids is 1. The lowest BCUT2D eigenvalue weighted by atomic mass is 10.1. The van der Waals surface area contributed by atoms with Crippen LogP contribution in [0.3, 0.4) is 0 Å². The molecule has 2 N–H and O–H groups in total. The molecule has 1 atom stereocenters. The lowest BCUT2D eigenvalue weighted by Crippen LogP contribution is -2.24. The van der Waals surface area contributed by atoms with Crippen molar-refractivity contribution >= 4 is 29.0 Å². The molecule has 6 nitrogen and oxygen atoms in total. The SMILES string of the molecule is Cc1cccc(NCc2nnc(SC(C)C(=O)Nc3c(C)cccc3C)n2-c2ccccc2)c1. The monoisotopic (exact) mass is 471 g/mol. The molecule has 7 heteroatoms. The molecule has 1 amide bonds. The maximum Gasteiger partial charge on any atom is 0.237 e. The first-order valence-corrected chi connectivity index (χ1v) is 12.1. The first kappa shape index (κ1) is 23.6. The van der Waals surface area contributed by atoms with Crippen molar-refractivity contribution in [1.29, 1.82) is 0 Å². The van der Waals surface area contributed by atoms with E-state index in [9.17, 15) is 4.79 Å². The third-order valence-corrected chi connectivity index (χ3v) is 6.61. The van der Waals surface area contributed by atoms with E-state index in [4.69, 9.17) is 0 Å². The van der Waals surface area contributed by atoms with E-state index < -0.39 is 0 Å². The van der Waals surface area contributed by atoms with Crippen LogP contribution in [0.1, 0.15) is 29.4 Å². The van der Waals surface area contributed by atoms with E-state index in [2.05, 4.69) is 39.9 Å². The highest BCUT2D eigenvalue weighted by molar-refractivity contribution is 8.00. The average Bonchev–Trinajstić information content (AvgIpc) is 3.23. The standard InChI is InChI=1S/C27H29N5OS/c1-18-10-8-13-22(16-18)28-17-24-30-31-27(32(24)23-14-6-5-7-15-23)34-21(4)26(33)29-25-19(2)11-9-12-20(25)3/h5-16,21,28H,17H2,1-4H3,(H,29,33). The summed E-state index contributed by atoms with van der Waals surface area (Å²) in [7, 11) is 0. The summed E-state index contributed by atoms with van der Waals surface area (Å²) in [6.07, 6.45) is 0. The van der Waals surface area contributed by atoms with E-state index in [0.717, 1.165) is 34.0 Å². The van der Waals surface area contributed by atoms with Crippen molar-refractivity contribution in [3.8, 4) is 5.69 Å². The third kappa shape index (κ3) is 5.48. The number of rotatable bonds is 8. The van der Waals surface area contributed by atoms with Crippen LogP contribution in [0.2, 0.25) is 0 Å². The van der Waals surface area contributed by atoms with E-state index in [1.165, 1.54) is 17.3 Å². The van der Waals surface area contributed by atoms with Gasteiger partial charge < -0.3 is 10.6 Å². The van der Waals surface area contributed by atoms with Gasteiger partial charge in [-0.15, -0.1) is 10.2 Å². The topological polar surface area (TPSA) is 71.8 Å². The van der Waals surface area contributed by atoms with Gasteiger partial charge in [0.05, 0.1) is 11.8 Å². The molecule has 34 heavy (non-hydrogen) atoms. The van der Waals surface area contributed by atoms with Crippen LogP contribution in [-0.2, 0) is 11.3 Å². The summed E-state index contributed by atoms with van der Waals surface area (Å²) < 4.78 is 2.01. The second-order valence-electron chi connectivity index (χ2n) is 8.31. The first-order valence-electron chi connectivity index (χ1n) is 11.3. The molecule has 1 unspecified atom stereocenters. The van der Waals surface area contributed by atoms with E-state index >= 15 is 0 Å². The van der Waals surface area contributed by atoms with Gasteiger partial charge in [0.25, 0.3) is 0 Å². The number of amides is 1. The van der Waals surface area contributed by atoms with Crippen LogP contribution >= 0.6 is 11.8 Å². The quantitative estimate of drug-likeness (QED) is 0.312. The fourth-order valence-corrected chi connectivity index (χ4v) is 4.60. The van der Waals surface area contributed by atoms with Crippen LogP contribution in [0.25, 0.3) is 5.69 Å². The predicted octanol–water partition coefficient (Wildman–Crippen LogP) is 5.92. The number of thioether (sulfide) groups is 1. The van der Waals surface area contributed by atoms with Gasteiger partial charge >= 0.3 is 0 Å². The van der Waals surface area contributed by atoms with E-state index in [-0.39, 0.29) is 11.2 Å². The van der Waals surface area contributed by atoms with E-state index in [0.29, 0.717) is 11.7 Å². The van der Waals surface area contributed by atoms with Crippen molar-refractivity contribution in [3.05, 3.63) is 95.3 Å². The molecule has 1 heterocycles. The number of nitrogens with one attached hydrogen (secondary N) is 2. The van der Waals surface area contributed by atoms with Crippen LogP contribution in [0.5, 0.6) is 0 Å². The number of hydrogen-bond donors (Lipinski definition) is 2. The molecule has 0 spiro atoms. The van der Waals surface area contributed by atoms with Crippen molar-refractivity contribution in [1.82, 2.24) is 14.8 Å². The number of aromatic nitrogens is 3. The average molecular weight is 472 g/mol. The van der Waals surface area contributed by atoms with Crippen LogP contribution < -0.4 is 10.6 Å². The third-order valence-electron chi connectivity index (χ3n) is 5.56. The zero-order valence-electron chi connectivity index (χ0n) is 19.9. The normalized spacial score (nSPS) is 11.8. The fourth-order valence-electron chi connectivity index (χ4n) is 3.71. The van der Waals surface area contributed by atoms with Gasteiger partial charge in [-0.2, -0.15) is 0 Å². The Balaban J connectivity index is 1.55. The van der Waals surface area contributed by atoms with Crippen molar-refractivity contribution in [2.45, 2.75) is 44.6 Å². The van der Waals surface area contributed by atoms with Gasteiger partial charge in [0.2, 0.25) is 5.91 Å². The number of hydrogen-bond acceptors (Lipinski definition) is 5. The summed E-state index contributed by atoms with van der Waals surface area (Å²) in [4.78, 5) is 13.0. The van der Waals surface area contributed by atoms with Gasteiger partial charge in [-0.25, -0.2) is 0 Å². The number of nitrogens with zero attached hydrogens (tertiary/aromatic N) is 3. The minimum atomic E-state index is -0.358. The van der Waals surface area contributed by atoms with Crippen LogP contribution in [-0.4, -0.2) is 25.9 Å². The summed E-state index contributed by atoms with van der Waals surface area (Å²) >= 11 is 1.40. The molecule has 174 valence electrons. The molecule has 0 saturated heterocycles. The van der Waals surface area contributed by atoms with E-state index in [1.54, 1.807) is 0 Å². The molecule has 0 radical (unpaired) electrons. The highest BCUT2D eigenvalue weighted by Crippen LogP contribution is 2.28. The molecule has 0 bridgehead atoms. The molecule has 0 aliphatic rings. The summed E-state index contributed by atoms with van der Waals surface area (Å²) in [5.41, 5.74) is 6.13. The van der Waals surface area contributed by atoms with Gasteiger partial charge in [0.1, 0.15) is 0 Å². The predicted molar refractivity (Wildman–Crippen MR) is 140 cm³/mol. The number of para-hydroxylation sites is 2. The molecule has 4 aromatic rings. The Bertz CT molecular complexity index is 1270. The first-order chi connectivity index (χ1) is 16.4. The number of aryl methyl sites for hydroxylation is 3. The second kappa shape index (κ2) is 10.6. The van der Waals surface area contributed by atoms with Crippen molar-refractivity contribution in [2.75, 3.05) is 10.6 Å². The second-order valence-corrected chi connectivity index (χ2v) is 9.62. The van der Waals surface area contributed by atoms with Crippen LogP contribution in [0.4, 0.5) is 11.4 Å².